The fourth-order valence-corrected chi connectivity index (χ4v) is 6.74. The molecule has 0 spiro atoms. The minimum Gasteiger partial charge on any atom is -0.487 e. The highest BCUT2D eigenvalue weighted by molar-refractivity contribution is 7.89. The average molecular weight is 531 g/mol. The Hall–Kier alpha value is -2.75. The van der Waals surface area contributed by atoms with Gasteiger partial charge in [0.1, 0.15) is 22.6 Å². The lowest BCUT2D eigenvalue weighted by Crippen LogP contribution is -2.50. The summed E-state index contributed by atoms with van der Waals surface area (Å²) >= 11 is 0. The molecule has 200 valence electrons. The van der Waals surface area contributed by atoms with Crippen LogP contribution in [0.3, 0.4) is 0 Å². The summed E-state index contributed by atoms with van der Waals surface area (Å²) in [6, 6.07) is 9.94. The van der Waals surface area contributed by atoms with Crippen molar-refractivity contribution in [3.8, 4) is 5.75 Å². The zero-order chi connectivity index (χ0) is 26.7. The summed E-state index contributed by atoms with van der Waals surface area (Å²) in [6.45, 7) is 3.56. The lowest BCUT2D eigenvalue weighted by atomic mass is 9.93. The van der Waals surface area contributed by atoms with Gasteiger partial charge in [0.2, 0.25) is 10.0 Å². The maximum atomic E-state index is 13.7. The second kappa shape index (κ2) is 11.3. The zero-order valence-electron chi connectivity index (χ0n) is 21.6. The Kier molecular flexibility index (Phi) is 8.36. The predicted molar refractivity (Wildman–Crippen MR) is 140 cm³/mol. The summed E-state index contributed by atoms with van der Waals surface area (Å²) in [5, 5.41) is 9.84. The van der Waals surface area contributed by atoms with E-state index < -0.39 is 28.0 Å². The summed E-state index contributed by atoms with van der Waals surface area (Å²) in [7, 11) is -2.29. The van der Waals surface area contributed by atoms with Gasteiger partial charge in [0, 0.05) is 31.1 Å². The predicted octanol–water partition coefficient (Wildman–Crippen LogP) is 4.32. The fraction of sp³-hybridized carbons (Fsp3) is 0.464. The number of hydrogen-bond acceptors (Lipinski definition) is 5. The molecule has 7 nitrogen and oxygen atoms in total. The van der Waals surface area contributed by atoms with E-state index in [0.29, 0.717) is 5.56 Å². The van der Waals surface area contributed by atoms with Gasteiger partial charge in [-0.2, -0.15) is 4.31 Å². The number of rotatable bonds is 6. The lowest BCUT2D eigenvalue weighted by Gasteiger charge is -2.37. The Labute approximate surface area is 218 Å². The number of sulfonamides is 1. The Morgan fingerprint density at radius 2 is 1.95 bits per heavy atom. The Balaban J connectivity index is 1.71. The van der Waals surface area contributed by atoms with E-state index in [4.69, 9.17) is 4.74 Å². The summed E-state index contributed by atoms with van der Waals surface area (Å²) in [5.74, 6) is -0.750. The van der Waals surface area contributed by atoms with Gasteiger partial charge in [-0.3, -0.25) is 4.79 Å². The molecule has 3 atom stereocenters. The molecule has 4 rings (SSSR count). The van der Waals surface area contributed by atoms with Gasteiger partial charge in [-0.1, -0.05) is 19.1 Å². The van der Waals surface area contributed by atoms with E-state index in [9.17, 15) is 22.7 Å². The number of nitrogens with zero attached hydrogens (tertiary/aromatic N) is 2. The minimum absolute atomic E-state index is 0.0531. The first kappa shape index (κ1) is 27.3. The topological polar surface area (TPSA) is 87.2 Å². The molecule has 1 aliphatic carbocycles. The van der Waals surface area contributed by atoms with Crippen LogP contribution in [0.25, 0.3) is 5.57 Å². The molecule has 9 heteroatoms. The molecule has 0 aromatic heterocycles. The van der Waals surface area contributed by atoms with Gasteiger partial charge in [-0.25, -0.2) is 12.8 Å². The molecule has 1 heterocycles. The van der Waals surface area contributed by atoms with E-state index in [-0.39, 0.29) is 42.2 Å². The average Bonchev–Trinajstić information content (AvgIpc) is 2.90. The van der Waals surface area contributed by atoms with Crippen molar-refractivity contribution >= 4 is 21.5 Å². The van der Waals surface area contributed by atoms with Crippen molar-refractivity contribution in [2.24, 2.45) is 5.92 Å². The number of ether oxygens (including phenoxy) is 1. The smallest absolute Gasteiger partial charge is 0.253 e. The minimum atomic E-state index is -3.94. The number of carbonyl (C=O) groups excluding carboxylic acids is 1. The molecule has 2 aromatic carbocycles. The van der Waals surface area contributed by atoms with Crippen LogP contribution in [-0.2, 0) is 10.0 Å². The van der Waals surface area contributed by atoms with Crippen LogP contribution in [0.5, 0.6) is 5.75 Å². The zero-order valence-corrected chi connectivity index (χ0v) is 22.4. The van der Waals surface area contributed by atoms with Crippen molar-refractivity contribution in [3.63, 3.8) is 0 Å². The number of likely N-dealkylation sites (N-methyl/N-ethyl adjacent to an activating group) is 1. The van der Waals surface area contributed by atoms with Gasteiger partial charge in [0.15, 0.2) is 0 Å². The van der Waals surface area contributed by atoms with Crippen molar-refractivity contribution in [3.05, 3.63) is 65.5 Å². The monoisotopic (exact) mass is 530 g/mol. The van der Waals surface area contributed by atoms with E-state index in [0.717, 1.165) is 31.2 Å². The van der Waals surface area contributed by atoms with Crippen LogP contribution in [0.4, 0.5) is 4.39 Å². The van der Waals surface area contributed by atoms with Crippen LogP contribution in [0.15, 0.2) is 53.4 Å². The number of hydrogen-bond donors (Lipinski definition) is 1. The van der Waals surface area contributed by atoms with Crippen LogP contribution in [0.1, 0.15) is 55.5 Å². The number of aliphatic hydroxyl groups is 1. The summed E-state index contributed by atoms with van der Waals surface area (Å²) in [4.78, 5) is 14.6. The molecule has 1 amide bonds. The van der Waals surface area contributed by atoms with Crippen molar-refractivity contribution in [2.45, 2.75) is 56.6 Å². The van der Waals surface area contributed by atoms with Gasteiger partial charge in [0.25, 0.3) is 5.91 Å². The summed E-state index contributed by atoms with van der Waals surface area (Å²) < 4.78 is 48.4. The molecule has 0 bridgehead atoms. The molecule has 2 aliphatic rings. The molecule has 0 fully saturated rings. The van der Waals surface area contributed by atoms with Gasteiger partial charge < -0.3 is 14.7 Å². The van der Waals surface area contributed by atoms with Crippen LogP contribution in [-0.4, -0.2) is 67.5 Å². The van der Waals surface area contributed by atoms with Gasteiger partial charge in [-0.05, 0) is 80.1 Å². The second-order valence-corrected chi connectivity index (χ2v) is 11.9. The van der Waals surface area contributed by atoms with E-state index in [2.05, 4.69) is 6.08 Å². The molecule has 0 unspecified atom stereocenters. The molecule has 0 saturated heterocycles. The van der Waals surface area contributed by atoms with Crippen LogP contribution in [0, 0.1) is 11.7 Å². The standard InChI is InChI=1S/C28H35FN2O5S/c1-19-16-31(20(2)18-32)37(34,35)27-14-11-23(21-7-5-4-6-8-21)15-25(27)36-26(19)17-30(3)28(33)22-9-12-24(29)13-10-22/h7,9-15,19-20,26,32H,4-6,8,16-18H2,1-3H3/t19-,20-,26+/m1/s1. The first-order chi connectivity index (χ1) is 17.6. The number of fused-ring (bicyclic) bond motifs is 1. The molecule has 1 aliphatic heterocycles. The molecule has 0 radical (unpaired) electrons. The van der Waals surface area contributed by atoms with E-state index >= 15 is 0 Å². The molecule has 37 heavy (non-hydrogen) atoms. The maximum Gasteiger partial charge on any atom is 0.253 e. The fourth-order valence-electron chi connectivity index (χ4n) is 4.91. The molecule has 2 aromatic rings. The van der Waals surface area contributed by atoms with Crippen molar-refractivity contribution in [1.82, 2.24) is 9.21 Å². The number of allylic oxidation sites excluding steroid dienone is 2. The van der Waals surface area contributed by atoms with Gasteiger partial charge in [-0.15, -0.1) is 0 Å². The van der Waals surface area contributed by atoms with Crippen LogP contribution in [0.2, 0.25) is 0 Å². The largest absolute Gasteiger partial charge is 0.487 e. The highest BCUT2D eigenvalue weighted by Gasteiger charge is 2.38. The third-order valence-electron chi connectivity index (χ3n) is 7.22. The number of aliphatic hydroxyl groups excluding tert-OH is 1. The SMILES string of the molecule is C[C@@H]1CN([C@H](C)CO)S(=O)(=O)c2ccc(C3=CCCCC3)cc2O[C@H]1CN(C)C(=O)c1ccc(F)cc1. The quantitative estimate of drug-likeness (QED) is 0.601. The Morgan fingerprint density at radius 3 is 2.59 bits per heavy atom. The number of halogens is 1. The molecular weight excluding hydrogens is 495 g/mol. The highest BCUT2D eigenvalue weighted by atomic mass is 32.2. The number of carbonyl (C=O) groups is 1. The second-order valence-electron chi connectivity index (χ2n) is 10.1. The van der Waals surface area contributed by atoms with E-state index in [1.807, 2.05) is 13.0 Å². The van der Waals surface area contributed by atoms with Crippen molar-refractivity contribution in [2.75, 3.05) is 26.7 Å². The number of amides is 1. The normalized spacial score (nSPS) is 22.6. The summed E-state index contributed by atoms with van der Waals surface area (Å²) in [5.41, 5.74) is 2.46. The van der Waals surface area contributed by atoms with Crippen molar-refractivity contribution in [1.29, 1.82) is 0 Å². The first-order valence-electron chi connectivity index (χ1n) is 12.8. The molecular formula is C28H35FN2O5S. The van der Waals surface area contributed by atoms with Gasteiger partial charge in [0.05, 0.1) is 13.2 Å². The molecule has 0 saturated carbocycles. The van der Waals surface area contributed by atoms with E-state index in [1.165, 1.54) is 39.0 Å². The molecule has 1 N–H and O–H groups in total. The van der Waals surface area contributed by atoms with Crippen LogP contribution < -0.4 is 4.74 Å². The highest BCUT2D eigenvalue weighted by Crippen LogP contribution is 2.37. The maximum absolute atomic E-state index is 13.7. The van der Waals surface area contributed by atoms with Crippen molar-refractivity contribution < 1.29 is 27.4 Å². The van der Waals surface area contributed by atoms with Gasteiger partial charge >= 0.3 is 0 Å². The van der Waals surface area contributed by atoms with E-state index in [1.54, 1.807) is 26.1 Å². The lowest BCUT2D eigenvalue weighted by molar-refractivity contribution is 0.0563. The first-order valence-corrected chi connectivity index (χ1v) is 14.2. The summed E-state index contributed by atoms with van der Waals surface area (Å²) in [6.07, 6.45) is 5.81. The third-order valence-corrected chi connectivity index (χ3v) is 9.24. The third kappa shape index (κ3) is 5.89. The Bertz CT molecular complexity index is 1260. The number of benzene rings is 2. The Morgan fingerprint density at radius 1 is 1.22 bits per heavy atom. The van der Waals surface area contributed by atoms with Crippen LogP contribution >= 0.6 is 0 Å².